The molecule has 1 aliphatic heterocycles. The molecular formula is C17H21FN4O2. The van der Waals surface area contributed by atoms with Crippen molar-refractivity contribution in [3.05, 3.63) is 47.3 Å². The van der Waals surface area contributed by atoms with Crippen molar-refractivity contribution in [1.29, 1.82) is 0 Å². The third-order valence-corrected chi connectivity index (χ3v) is 4.68. The third-order valence-electron chi connectivity index (χ3n) is 4.68. The second-order valence-electron chi connectivity index (χ2n) is 6.32. The van der Waals surface area contributed by atoms with Gasteiger partial charge in [0, 0.05) is 6.04 Å². The highest BCUT2D eigenvalue weighted by atomic mass is 19.1. The van der Waals surface area contributed by atoms with Crippen LogP contribution in [0.5, 0.6) is 0 Å². The average Bonchev–Trinajstić information content (AvgIpc) is 2.92. The van der Waals surface area contributed by atoms with E-state index in [2.05, 4.69) is 10.2 Å². The Labute approximate surface area is 139 Å². The summed E-state index contributed by atoms with van der Waals surface area (Å²) in [6.45, 7) is 4.66. The molecule has 7 heteroatoms. The minimum absolute atomic E-state index is 0.0418. The molecule has 2 unspecified atom stereocenters. The number of rotatable bonds is 5. The zero-order valence-electron chi connectivity index (χ0n) is 13.8. The maximum atomic E-state index is 13.3. The van der Waals surface area contributed by atoms with Crippen molar-refractivity contribution in [3.8, 4) is 0 Å². The molecule has 1 aromatic carbocycles. The number of benzene rings is 1. The molecule has 0 amide bonds. The van der Waals surface area contributed by atoms with Gasteiger partial charge in [-0.25, -0.2) is 4.39 Å². The summed E-state index contributed by atoms with van der Waals surface area (Å²) in [4.78, 5) is 13.6. The van der Waals surface area contributed by atoms with E-state index in [1.165, 1.54) is 12.1 Å². The first-order chi connectivity index (χ1) is 11.5. The molecule has 0 fully saturated rings. The number of halogens is 1. The van der Waals surface area contributed by atoms with Crippen molar-refractivity contribution in [3.63, 3.8) is 0 Å². The first kappa shape index (κ1) is 16.6. The quantitative estimate of drug-likeness (QED) is 0.907. The lowest BCUT2D eigenvalue weighted by atomic mass is 10.0. The van der Waals surface area contributed by atoms with E-state index in [1.807, 2.05) is 29.4 Å². The van der Waals surface area contributed by atoms with Crippen LogP contribution in [0.15, 0.2) is 24.3 Å². The summed E-state index contributed by atoms with van der Waals surface area (Å²) in [5.74, 6) is 0.447. The number of carboxylic acid groups (broad SMARTS) is 1. The van der Waals surface area contributed by atoms with Crippen LogP contribution in [0, 0.1) is 12.7 Å². The smallest absolute Gasteiger partial charge is 0.322 e. The standard InChI is InChI=1S/C17H21FN4O2/c1-11(6-7-13-4-3-5-14(18)8-13)21-10-16-20-19-12(2)22(16)9-15(21)17(23)24/h3-5,8,11,15H,6-7,9-10H2,1-2H3,(H,23,24). The van der Waals surface area contributed by atoms with Crippen LogP contribution < -0.4 is 0 Å². The van der Waals surface area contributed by atoms with Crippen LogP contribution in [-0.2, 0) is 24.3 Å². The Kier molecular flexibility index (Phi) is 4.62. The van der Waals surface area contributed by atoms with Gasteiger partial charge in [-0.2, -0.15) is 0 Å². The number of carbonyl (C=O) groups is 1. The molecule has 0 radical (unpaired) electrons. The SMILES string of the molecule is Cc1nnc2n1CC(C(=O)O)N(C(C)CCc1cccc(F)c1)C2. The van der Waals surface area contributed by atoms with Gasteiger partial charge in [0.2, 0.25) is 0 Å². The Morgan fingerprint density at radius 1 is 1.46 bits per heavy atom. The molecule has 0 spiro atoms. The highest BCUT2D eigenvalue weighted by Crippen LogP contribution is 2.22. The van der Waals surface area contributed by atoms with E-state index in [-0.39, 0.29) is 11.9 Å². The fourth-order valence-corrected chi connectivity index (χ4v) is 3.25. The summed E-state index contributed by atoms with van der Waals surface area (Å²) in [5, 5.41) is 17.8. The normalized spacial score (nSPS) is 19.0. The monoisotopic (exact) mass is 332 g/mol. The second kappa shape index (κ2) is 6.68. The van der Waals surface area contributed by atoms with Crippen LogP contribution in [0.3, 0.4) is 0 Å². The molecule has 2 aromatic rings. The molecule has 128 valence electrons. The fraction of sp³-hybridized carbons (Fsp3) is 0.471. The maximum absolute atomic E-state index is 13.3. The van der Waals surface area contributed by atoms with Gasteiger partial charge in [0.1, 0.15) is 23.5 Å². The van der Waals surface area contributed by atoms with E-state index in [4.69, 9.17) is 0 Å². The summed E-state index contributed by atoms with van der Waals surface area (Å²) < 4.78 is 15.1. The van der Waals surface area contributed by atoms with Crippen molar-refractivity contribution in [2.24, 2.45) is 0 Å². The zero-order chi connectivity index (χ0) is 17.3. The number of aromatic nitrogens is 3. The second-order valence-corrected chi connectivity index (χ2v) is 6.32. The molecule has 0 saturated carbocycles. The molecule has 6 nitrogen and oxygen atoms in total. The van der Waals surface area contributed by atoms with Gasteiger partial charge in [-0.1, -0.05) is 12.1 Å². The summed E-state index contributed by atoms with van der Waals surface area (Å²) in [7, 11) is 0. The molecule has 2 heterocycles. The van der Waals surface area contributed by atoms with Gasteiger partial charge < -0.3 is 9.67 Å². The van der Waals surface area contributed by atoms with Crippen molar-refractivity contribution in [2.75, 3.05) is 0 Å². The van der Waals surface area contributed by atoms with Gasteiger partial charge in [-0.15, -0.1) is 10.2 Å². The highest BCUT2D eigenvalue weighted by Gasteiger charge is 2.35. The van der Waals surface area contributed by atoms with Gasteiger partial charge >= 0.3 is 5.97 Å². The van der Waals surface area contributed by atoms with Gasteiger partial charge in [0.25, 0.3) is 0 Å². The molecule has 24 heavy (non-hydrogen) atoms. The van der Waals surface area contributed by atoms with Crippen LogP contribution in [0.25, 0.3) is 0 Å². The maximum Gasteiger partial charge on any atom is 0.322 e. The number of aryl methyl sites for hydroxylation is 2. The average molecular weight is 332 g/mol. The summed E-state index contributed by atoms with van der Waals surface area (Å²) in [6, 6.07) is 5.97. The first-order valence-corrected chi connectivity index (χ1v) is 8.07. The Hall–Kier alpha value is -2.28. The van der Waals surface area contributed by atoms with Crippen LogP contribution in [0.1, 0.15) is 30.6 Å². The molecule has 0 saturated heterocycles. The number of fused-ring (bicyclic) bond motifs is 1. The molecule has 1 aliphatic rings. The highest BCUT2D eigenvalue weighted by molar-refractivity contribution is 5.73. The van der Waals surface area contributed by atoms with Gasteiger partial charge in [0.05, 0.1) is 13.1 Å². The van der Waals surface area contributed by atoms with E-state index in [1.54, 1.807) is 6.07 Å². The Morgan fingerprint density at radius 3 is 2.96 bits per heavy atom. The van der Waals surface area contributed by atoms with E-state index in [0.717, 1.165) is 23.6 Å². The molecule has 0 bridgehead atoms. The Bertz CT molecular complexity index is 746. The minimum Gasteiger partial charge on any atom is -0.480 e. The van der Waals surface area contributed by atoms with Crippen molar-refractivity contribution < 1.29 is 14.3 Å². The van der Waals surface area contributed by atoms with E-state index < -0.39 is 12.0 Å². The largest absolute Gasteiger partial charge is 0.480 e. The van der Waals surface area contributed by atoms with E-state index in [9.17, 15) is 14.3 Å². The number of hydrogen-bond donors (Lipinski definition) is 1. The molecule has 0 aliphatic carbocycles. The molecule has 1 aromatic heterocycles. The Morgan fingerprint density at radius 2 is 2.25 bits per heavy atom. The van der Waals surface area contributed by atoms with Crippen LogP contribution in [0.4, 0.5) is 4.39 Å². The van der Waals surface area contributed by atoms with Gasteiger partial charge in [-0.05, 0) is 44.4 Å². The number of hydrogen-bond acceptors (Lipinski definition) is 4. The number of nitrogens with zero attached hydrogens (tertiary/aromatic N) is 4. The fourth-order valence-electron chi connectivity index (χ4n) is 3.25. The third kappa shape index (κ3) is 3.31. The topological polar surface area (TPSA) is 71.2 Å². The van der Waals surface area contributed by atoms with Gasteiger partial charge in [0.15, 0.2) is 0 Å². The number of carboxylic acids is 1. The summed E-state index contributed by atoms with van der Waals surface area (Å²) in [6.07, 6.45) is 1.45. The van der Waals surface area contributed by atoms with Crippen molar-refractivity contribution in [1.82, 2.24) is 19.7 Å². The summed E-state index contributed by atoms with van der Waals surface area (Å²) >= 11 is 0. The van der Waals surface area contributed by atoms with Crippen molar-refractivity contribution >= 4 is 5.97 Å². The lowest BCUT2D eigenvalue weighted by Gasteiger charge is -2.37. The molecular weight excluding hydrogens is 311 g/mol. The predicted octanol–water partition coefficient (Wildman–Crippen LogP) is 2.02. The van der Waals surface area contributed by atoms with E-state index in [0.29, 0.717) is 19.5 Å². The lowest BCUT2D eigenvalue weighted by molar-refractivity contribution is -0.146. The van der Waals surface area contributed by atoms with E-state index >= 15 is 0 Å². The Balaban J connectivity index is 1.72. The van der Waals surface area contributed by atoms with Crippen LogP contribution in [-0.4, -0.2) is 42.8 Å². The van der Waals surface area contributed by atoms with Gasteiger partial charge in [-0.3, -0.25) is 9.69 Å². The molecule has 3 rings (SSSR count). The molecule has 1 N–H and O–H groups in total. The summed E-state index contributed by atoms with van der Waals surface area (Å²) in [5.41, 5.74) is 0.921. The predicted molar refractivity (Wildman–Crippen MR) is 85.9 cm³/mol. The zero-order valence-corrected chi connectivity index (χ0v) is 13.8. The lowest BCUT2D eigenvalue weighted by Crippen LogP contribution is -2.51. The number of aliphatic carboxylic acids is 1. The van der Waals surface area contributed by atoms with Crippen LogP contribution >= 0.6 is 0 Å². The van der Waals surface area contributed by atoms with Crippen LogP contribution in [0.2, 0.25) is 0 Å². The molecule has 2 atom stereocenters. The first-order valence-electron chi connectivity index (χ1n) is 8.07. The minimum atomic E-state index is -0.841. The van der Waals surface area contributed by atoms with Crippen molar-refractivity contribution in [2.45, 2.75) is 51.9 Å².